The average Bonchev–Trinajstić information content (AvgIpc) is 3.04. The fourth-order valence-electron chi connectivity index (χ4n) is 4.14. The van der Waals surface area contributed by atoms with Crippen LogP contribution >= 0.6 is 0 Å². The van der Waals surface area contributed by atoms with Crippen molar-refractivity contribution in [3.63, 3.8) is 0 Å². The number of nitrogens with zero attached hydrogens (tertiary/aromatic N) is 2. The van der Waals surface area contributed by atoms with Crippen molar-refractivity contribution in [1.29, 1.82) is 0 Å². The molecule has 0 bridgehead atoms. The molecule has 1 N–H and O–H groups in total. The summed E-state index contributed by atoms with van der Waals surface area (Å²) < 4.78 is 4.71. The number of carbonyl (C=O) groups excluding carboxylic acids is 2. The number of benzene rings is 1. The largest absolute Gasteiger partial charge is 0.465 e. The Hall–Kier alpha value is -2.89. The van der Waals surface area contributed by atoms with E-state index in [0.717, 1.165) is 43.7 Å². The molecule has 1 amide bonds. The SMILES string of the molecule is COC(=O)c1ccc(N2CCC3(CC2)C[C@@H](c2ccccc2)C(=O)N3)nc1. The number of hydrogen-bond donors (Lipinski definition) is 1. The Bertz CT molecular complexity index is 828. The summed E-state index contributed by atoms with van der Waals surface area (Å²) in [6.07, 6.45) is 4.18. The highest BCUT2D eigenvalue weighted by molar-refractivity contribution is 5.89. The van der Waals surface area contributed by atoms with E-state index in [9.17, 15) is 9.59 Å². The summed E-state index contributed by atoms with van der Waals surface area (Å²) in [4.78, 5) is 30.7. The van der Waals surface area contributed by atoms with Crippen molar-refractivity contribution in [2.24, 2.45) is 0 Å². The molecule has 27 heavy (non-hydrogen) atoms. The third-order valence-electron chi connectivity index (χ3n) is 5.72. The predicted octanol–water partition coefficient (Wildman–Crippen LogP) is 2.51. The zero-order chi connectivity index (χ0) is 18.9. The second-order valence-corrected chi connectivity index (χ2v) is 7.32. The fraction of sp³-hybridized carbons (Fsp3) is 0.381. The molecule has 4 rings (SSSR count). The Balaban J connectivity index is 1.42. The van der Waals surface area contributed by atoms with Crippen LogP contribution in [0.1, 0.15) is 41.1 Å². The van der Waals surface area contributed by atoms with Crippen LogP contribution in [-0.4, -0.2) is 42.6 Å². The van der Waals surface area contributed by atoms with Gasteiger partial charge < -0.3 is 15.0 Å². The van der Waals surface area contributed by atoms with Crippen molar-refractivity contribution in [3.8, 4) is 0 Å². The summed E-state index contributed by atoms with van der Waals surface area (Å²) in [6.45, 7) is 1.65. The monoisotopic (exact) mass is 365 g/mol. The number of piperidine rings is 1. The topological polar surface area (TPSA) is 71.5 Å². The molecule has 2 aliphatic heterocycles. The van der Waals surface area contributed by atoms with Gasteiger partial charge in [-0.3, -0.25) is 4.79 Å². The van der Waals surface area contributed by atoms with Crippen LogP contribution < -0.4 is 10.2 Å². The van der Waals surface area contributed by atoms with Crippen molar-refractivity contribution in [2.45, 2.75) is 30.7 Å². The smallest absolute Gasteiger partial charge is 0.339 e. The van der Waals surface area contributed by atoms with Gasteiger partial charge in [0, 0.05) is 24.8 Å². The first-order valence-electron chi connectivity index (χ1n) is 9.26. The van der Waals surface area contributed by atoms with Crippen LogP contribution in [0.2, 0.25) is 0 Å². The van der Waals surface area contributed by atoms with E-state index in [0.29, 0.717) is 5.56 Å². The molecule has 140 valence electrons. The van der Waals surface area contributed by atoms with Gasteiger partial charge in [0.2, 0.25) is 5.91 Å². The van der Waals surface area contributed by atoms with Gasteiger partial charge in [-0.25, -0.2) is 9.78 Å². The molecule has 6 heteroatoms. The number of aromatic nitrogens is 1. The van der Waals surface area contributed by atoms with Gasteiger partial charge >= 0.3 is 5.97 Å². The third-order valence-corrected chi connectivity index (χ3v) is 5.72. The van der Waals surface area contributed by atoms with Crippen LogP contribution in [0.4, 0.5) is 5.82 Å². The number of amides is 1. The zero-order valence-electron chi connectivity index (χ0n) is 15.4. The number of esters is 1. The fourth-order valence-corrected chi connectivity index (χ4v) is 4.14. The summed E-state index contributed by atoms with van der Waals surface area (Å²) in [5, 5.41) is 3.27. The molecule has 1 aromatic heterocycles. The molecule has 0 aliphatic carbocycles. The van der Waals surface area contributed by atoms with Gasteiger partial charge in [0.15, 0.2) is 0 Å². The lowest BCUT2D eigenvalue weighted by atomic mass is 9.82. The van der Waals surface area contributed by atoms with Gasteiger partial charge in [-0.15, -0.1) is 0 Å². The number of ether oxygens (including phenoxy) is 1. The lowest BCUT2D eigenvalue weighted by molar-refractivity contribution is -0.121. The molecule has 1 aromatic carbocycles. The molecule has 0 radical (unpaired) electrons. The number of nitrogens with one attached hydrogen (secondary N) is 1. The van der Waals surface area contributed by atoms with E-state index in [-0.39, 0.29) is 23.3 Å². The second-order valence-electron chi connectivity index (χ2n) is 7.32. The quantitative estimate of drug-likeness (QED) is 0.847. The summed E-state index contributed by atoms with van der Waals surface area (Å²) in [7, 11) is 1.36. The van der Waals surface area contributed by atoms with Crippen molar-refractivity contribution >= 4 is 17.7 Å². The Morgan fingerprint density at radius 1 is 1.19 bits per heavy atom. The summed E-state index contributed by atoms with van der Waals surface area (Å²) in [5.74, 6) is 0.541. The molecule has 0 unspecified atom stereocenters. The molecule has 6 nitrogen and oxygen atoms in total. The van der Waals surface area contributed by atoms with E-state index >= 15 is 0 Å². The molecular weight excluding hydrogens is 342 g/mol. The standard InChI is InChI=1S/C21H23N3O3/c1-27-20(26)16-7-8-18(22-14-16)24-11-9-21(10-12-24)13-17(19(25)23-21)15-5-3-2-4-6-15/h2-8,14,17H,9-13H2,1H3,(H,23,25)/t17-/m0/s1. The normalized spacial score (nSPS) is 21.1. The molecule has 2 aromatic rings. The van der Waals surface area contributed by atoms with Crippen LogP contribution in [0.25, 0.3) is 0 Å². The first kappa shape index (κ1) is 17.5. The van der Waals surface area contributed by atoms with Gasteiger partial charge in [-0.05, 0) is 37.0 Å². The van der Waals surface area contributed by atoms with Gasteiger partial charge in [-0.2, -0.15) is 0 Å². The van der Waals surface area contributed by atoms with Gasteiger partial charge in [0.25, 0.3) is 0 Å². The molecule has 1 spiro atoms. The number of methoxy groups -OCH3 is 1. The maximum Gasteiger partial charge on any atom is 0.339 e. The molecule has 0 saturated carbocycles. The molecule has 2 saturated heterocycles. The van der Waals surface area contributed by atoms with E-state index in [4.69, 9.17) is 4.74 Å². The lowest BCUT2D eigenvalue weighted by Gasteiger charge is -2.39. The molecule has 1 atom stereocenters. The minimum absolute atomic E-state index is 0.0600. The summed E-state index contributed by atoms with van der Waals surface area (Å²) in [6, 6.07) is 13.6. The zero-order valence-corrected chi connectivity index (χ0v) is 15.4. The van der Waals surface area contributed by atoms with Gasteiger partial charge in [0.1, 0.15) is 5.82 Å². The Kier molecular flexibility index (Phi) is 4.56. The number of hydrogen-bond acceptors (Lipinski definition) is 5. The van der Waals surface area contributed by atoms with Gasteiger partial charge in [-0.1, -0.05) is 30.3 Å². The van der Waals surface area contributed by atoms with Crippen molar-refractivity contribution in [2.75, 3.05) is 25.1 Å². The van der Waals surface area contributed by atoms with Crippen molar-refractivity contribution < 1.29 is 14.3 Å². The Morgan fingerprint density at radius 2 is 1.93 bits per heavy atom. The van der Waals surface area contributed by atoms with E-state index in [1.165, 1.54) is 7.11 Å². The number of carbonyl (C=O) groups is 2. The first-order chi connectivity index (χ1) is 13.1. The Morgan fingerprint density at radius 3 is 2.56 bits per heavy atom. The highest BCUT2D eigenvalue weighted by Crippen LogP contribution is 2.39. The minimum Gasteiger partial charge on any atom is -0.465 e. The molecule has 2 fully saturated rings. The molecular formula is C21H23N3O3. The van der Waals surface area contributed by atoms with E-state index in [1.54, 1.807) is 12.3 Å². The first-order valence-corrected chi connectivity index (χ1v) is 9.26. The average molecular weight is 365 g/mol. The maximum atomic E-state index is 12.5. The van der Waals surface area contributed by atoms with Crippen LogP contribution in [-0.2, 0) is 9.53 Å². The highest BCUT2D eigenvalue weighted by Gasteiger charge is 2.46. The molecule has 3 heterocycles. The summed E-state index contributed by atoms with van der Waals surface area (Å²) >= 11 is 0. The van der Waals surface area contributed by atoms with Crippen molar-refractivity contribution in [1.82, 2.24) is 10.3 Å². The number of rotatable bonds is 3. The maximum absolute atomic E-state index is 12.5. The van der Waals surface area contributed by atoms with E-state index in [2.05, 4.69) is 15.2 Å². The van der Waals surface area contributed by atoms with Crippen molar-refractivity contribution in [3.05, 3.63) is 59.8 Å². The van der Waals surface area contributed by atoms with E-state index < -0.39 is 0 Å². The van der Waals surface area contributed by atoms with Crippen LogP contribution in [0, 0.1) is 0 Å². The summed E-state index contributed by atoms with van der Waals surface area (Å²) in [5.41, 5.74) is 1.41. The predicted molar refractivity (Wildman–Crippen MR) is 102 cm³/mol. The van der Waals surface area contributed by atoms with E-state index in [1.807, 2.05) is 36.4 Å². The third kappa shape index (κ3) is 3.39. The van der Waals surface area contributed by atoms with Gasteiger partial charge in [0.05, 0.1) is 18.6 Å². The van der Waals surface area contributed by atoms with Crippen LogP contribution in [0.3, 0.4) is 0 Å². The number of anilines is 1. The minimum atomic E-state index is -0.382. The highest BCUT2D eigenvalue weighted by atomic mass is 16.5. The number of pyridine rings is 1. The second kappa shape index (κ2) is 7.02. The van der Waals surface area contributed by atoms with Crippen LogP contribution in [0.5, 0.6) is 0 Å². The van der Waals surface area contributed by atoms with Crippen LogP contribution in [0.15, 0.2) is 48.7 Å². The molecule has 2 aliphatic rings. The lowest BCUT2D eigenvalue weighted by Crippen LogP contribution is -2.51. The Labute approximate surface area is 158 Å².